The van der Waals surface area contributed by atoms with E-state index in [1.165, 1.54) is 0 Å². The van der Waals surface area contributed by atoms with Crippen molar-refractivity contribution in [2.24, 2.45) is 0 Å². The molecule has 0 saturated carbocycles. The quantitative estimate of drug-likeness (QED) is 0.736. The van der Waals surface area contributed by atoms with E-state index in [-0.39, 0.29) is 17.4 Å². The third-order valence-electron chi connectivity index (χ3n) is 2.35. The molecule has 0 aromatic heterocycles. The first-order valence-corrected chi connectivity index (χ1v) is 4.41. The third kappa shape index (κ3) is 2.20. The van der Waals surface area contributed by atoms with Crippen molar-refractivity contribution in [2.45, 2.75) is 6.92 Å². The first-order valence-electron chi connectivity index (χ1n) is 4.41. The van der Waals surface area contributed by atoms with Crippen molar-refractivity contribution in [3.63, 3.8) is 0 Å². The molecule has 2 aromatic carbocycles. The van der Waals surface area contributed by atoms with Gasteiger partial charge in [0.1, 0.15) is 0 Å². The molecule has 0 spiro atoms. The number of aromatic carboxylic acids is 1. The molecule has 15 heavy (non-hydrogen) atoms. The summed E-state index contributed by atoms with van der Waals surface area (Å²) in [6.07, 6.45) is 0. The van der Waals surface area contributed by atoms with Crippen LogP contribution in [0.3, 0.4) is 0 Å². The normalized spacial score (nSPS) is 9.67. The van der Waals surface area contributed by atoms with Gasteiger partial charge < -0.3 is 5.11 Å². The van der Waals surface area contributed by atoms with Crippen LogP contribution in [0.5, 0.6) is 0 Å². The van der Waals surface area contributed by atoms with Crippen molar-refractivity contribution in [3.8, 4) is 0 Å². The van der Waals surface area contributed by atoms with Crippen LogP contribution in [0.1, 0.15) is 15.9 Å². The Hall–Kier alpha value is -1.30. The summed E-state index contributed by atoms with van der Waals surface area (Å²) in [6, 6.07) is 11.1. The Morgan fingerprint density at radius 3 is 2.60 bits per heavy atom. The third-order valence-corrected chi connectivity index (χ3v) is 2.35. The van der Waals surface area contributed by atoms with Crippen LogP contribution in [0.2, 0.25) is 0 Å². The summed E-state index contributed by atoms with van der Waals surface area (Å²) in [7, 11) is 0. The molecule has 0 unspecified atom stereocenters. The maximum Gasteiger partial charge on any atom is 0.335 e. The second-order valence-corrected chi connectivity index (χ2v) is 3.32. The summed E-state index contributed by atoms with van der Waals surface area (Å²) in [5.41, 5.74) is 1.44. The van der Waals surface area contributed by atoms with E-state index in [1.54, 1.807) is 12.1 Å². The van der Waals surface area contributed by atoms with E-state index in [2.05, 4.69) is 0 Å². The van der Waals surface area contributed by atoms with Gasteiger partial charge in [0.15, 0.2) is 17.4 Å². The minimum Gasteiger partial charge on any atom is -0.478 e. The molecule has 0 aliphatic heterocycles. The lowest BCUT2D eigenvalue weighted by molar-refractivity contribution is 0.0697. The van der Waals surface area contributed by atoms with Crippen molar-refractivity contribution < 1.29 is 9.90 Å². The molecule has 1 N–H and O–H groups in total. The van der Waals surface area contributed by atoms with E-state index >= 15 is 0 Å². The van der Waals surface area contributed by atoms with Gasteiger partial charge in [-0.2, -0.15) is 0 Å². The van der Waals surface area contributed by atoms with Crippen LogP contribution in [0.15, 0.2) is 36.4 Å². The molecule has 0 amide bonds. The van der Waals surface area contributed by atoms with Gasteiger partial charge in [-0.25, -0.2) is 4.79 Å². The predicted molar refractivity (Wildman–Crippen MR) is 65.6 cm³/mol. The van der Waals surface area contributed by atoms with Gasteiger partial charge in [0, 0.05) is 0 Å². The van der Waals surface area contributed by atoms with Crippen molar-refractivity contribution in [3.05, 3.63) is 47.5 Å². The maximum atomic E-state index is 10.8. The Bertz CT molecular complexity index is 506. The number of hydrogen-bond donors (Lipinski definition) is 1. The molecular formula is C12H13AlO2. The molecule has 0 fully saturated rings. The number of fused-ring (bicyclic) bond motifs is 1. The number of carbonyl (C=O) groups is 1. The van der Waals surface area contributed by atoms with Gasteiger partial charge >= 0.3 is 5.97 Å². The van der Waals surface area contributed by atoms with Crippen molar-refractivity contribution in [1.29, 1.82) is 0 Å². The van der Waals surface area contributed by atoms with Crippen LogP contribution in [0.4, 0.5) is 0 Å². The van der Waals surface area contributed by atoms with Crippen molar-refractivity contribution >= 4 is 34.1 Å². The molecule has 0 heterocycles. The standard InChI is InChI=1S/C12H10O2.Al.3H/c1-8-3-2-4-9-5-6-10(12(13)14)7-11(8)9;;;;/h2-7H,1H3,(H,13,14);;;;. The van der Waals surface area contributed by atoms with E-state index in [1.807, 2.05) is 31.2 Å². The summed E-state index contributed by atoms with van der Waals surface area (Å²) in [5.74, 6) is -0.879. The molecule has 0 atom stereocenters. The van der Waals surface area contributed by atoms with Crippen LogP contribution >= 0.6 is 0 Å². The van der Waals surface area contributed by atoms with Gasteiger partial charge in [-0.15, -0.1) is 0 Å². The molecule has 2 rings (SSSR count). The smallest absolute Gasteiger partial charge is 0.335 e. The number of carboxylic acid groups (broad SMARTS) is 1. The largest absolute Gasteiger partial charge is 0.478 e. The summed E-state index contributed by atoms with van der Waals surface area (Å²) in [4.78, 5) is 10.8. The molecule has 3 heteroatoms. The highest BCUT2D eigenvalue weighted by Crippen LogP contribution is 2.19. The molecule has 0 aliphatic carbocycles. The predicted octanol–water partition coefficient (Wildman–Crippen LogP) is 1.66. The Kier molecular flexibility index (Phi) is 3.52. The molecule has 0 radical (unpaired) electrons. The molecule has 2 nitrogen and oxygen atoms in total. The minimum atomic E-state index is -0.879. The second-order valence-electron chi connectivity index (χ2n) is 3.32. The Morgan fingerprint density at radius 2 is 1.93 bits per heavy atom. The number of aryl methyl sites for hydroxylation is 1. The van der Waals surface area contributed by atoms with Gasteiger partial charge in [-0.1, -0.05) is 24.3 Å². The second kappa shape index (κ2) is 4.48. The van der Waals surface area contributed by atoms with Crippen LogP contribution < -0.4 is 0 Å². The fraction of sp³-hybridized carbons (Fsp3) is 0.0833. The number of hydrogen-bond acceptors (Lipinski definition) is 1. The van der Waals surface area contributed by atoms with Crippen LogP contribution in [-0.4, -0.2) is 28.4 Å². The van der Waals surface area contributed by atoms with Crippen LogP contribution in [0, 0.1) is 6.92 Å². The van der Waals surface area contributed by atoms with Crippen LogP contribution in [0.25, 0.3) is 10.8 Å². The minimum absolute atomic E-state index is 0. The topological polar surface area (TPSA) is 37.3 Å². The zero-order chi connectivity index (χ0) is 10.1. The van der Waals surface area contributed by atoms with E-state index in [9.17, 15) is 4.79 Å². The fourth-order valence-electron chi connectivity index (χ4n) is 1.56. The van der Waals surface area contributed by atoms with E-state index in [4.69, 9.17) is 5.11 Å². The molecule has 76 valence electrons. The van der Waals surface area contributed by atoms with Gasteiger partial charge in [-0.3, -0.25) is 0 Å². The first kappa shape index (κ1) is 11.8. The van der Waals surface area contributed by atoms with E-state index in [0.29, 0.717) is 5.56 Å². The maximum absolute atomic E-state index is 10.8. The van der Waals surface area contributed by atoms with Crippen LogP contribution in [-0.2, 0) is 0 Å². The van der Waals surface area contributed by atoms with E-state index in [0.717, 1.165) is 16.3 Å². The summed E-state index contributed by atoms with van der Waals surface area (Å²) in [5, 5.41) is 10.9. The fourth-order valence-corrected chi connectivity index (χ4v) is 1.56. The average Bonchev–Trinajstić information content (AvgIpc) is 2.18. The van der Waals surface area contributed by atoms with Crippen molar-refractivity contribution in [2.75, 3.05) is 0 Å². The number of carboxylic acids is 1. The lowest BCUT2D eigenvalue weighted by Gasteiger charge is -2.02. The highest BCUT2D eigenvalue weighted by atomic mass is 27.0. The molecular weight excluding hydrogens is 203 g/mol. The molecule has 0 aliphatic rings. The Labute approximate surface area is 98.7 Å². The van der Waals surface area contributed by atoms with Gasteiger partial charge in [0.25, 0.3) is 0 Å². The Balaban J connectivity index is 0.00000112. The molecule has 0 bridgehead atoms. The first-order chi connectivity index (χ1) is 6.68. The van der Waals surface area contributed by atoms with Crippen molar-refractivity contribution in [1.82, 2.24) is 0 Å². The number of rotatable bonds is 1. The zero-order valence-electron chi connectivity index (χ0n) is 7.82. The SMILES string of the molecule is Cc1cccc2ccc(C(=O)O)cc12.[AlH3]. The zero-order valence-corrected chi connectivity index (χ0v) is 7.82. The van der Waals surface area contributed by atoms with E-state index < -0.39 is 5.97 Å². The van der Waals surface area contributed by atoms with Gasteiger partial charge in [0.05, 0.1) is 5.56 Å². The molecule has 0 saturated heterocycles. The Morgan fingerprint density at radius 1 is 1.20 bits per heavy atom. The lowest BCUT2D eigenvalue weighted by atomic mass is 10.0. The highest BCUT2D eigenvalue weighted by molar-refractivity contribution is 5.95. The summed E-state index contributed by atoms with van der Waals surface area (Å²) < 4.78 is 0. The summed E-state index contributed by atoms with van der Waals surface area (Å²) >= 11 is 0. The van der Waals surface area contributed by atoms with Gasteiger partial charge in [-0.05, 0) is 35.4 Å². The molecule has 2 aromatic rings. The lowest BCUT2D eigenvalue weighted by Crippen LogP contribution is -1.95. The number of benzene rings is 2. The average molecular weight is 216 g/mol. The summed E-state index contributed by atoms with van der Waals surface area (Å²) in [6.45, 7) is 1.98. The monoisotopic (exact) mass is 216 g/mol. The highest BCUT2D eigenvalue weighted by Gasteiger charge is 2.04. The van der Waals surface area contributed by atoms with Gasteiger partial charge in [0.2, 0.25) is 0 Å².